The molecule has 32 heavy (non-hydrogen) atoms. The summed E-state index contributed by atoms with van der Waals surface area (Å²) < 4.78 is 20.9. The van der Waals surface area contributed by atoms with Gasteiger partial charge in [-0.25, -0.2) is 13.9 Å². The normalized spacial score (nSPS) is 11.3. The predicted molar refractivity (Wildman–Crippen MR) is 122 cm³/mol. The molecule has 3 N–H and O–H groups in total. The van der Waals surface area contributed by atoms with Gasteiger partial charge in [0, 0.05) is 22.2 Å². The zero-order chi connectivity index (χ0) is 23.3. The lowest BCUT2D eigenvalue weighted by Gasteiger charge is -2.14. The molecule has 9 heteroatoms. The van der Waals surface area contributed by atoms with Crippen LogP contribution in [0.4, 0.5) is 14.9 Å². The molecule has 1 aromatic heterocycles. The fourth-order valence-corrected chi connectivity index (χ4v) is 3.13. The summed E-state index contributed by atoms with van der Waals surface area (Å²) in [4.78, 5) is 12.4. The van der Waals surface area contributed by atoms with Crippen molar-refractivity contribution in [1.29, 1.82) is 0 Å². The Morgan fingerprint density at radius 1 is 1.22 bits per heavy atom. The first-order valence-corrected chi connectivity index (χ1v) is 10.5. The molecule has 2 amide bonds. The highest BCUT2D eigenvalue weighted by Gasteiger charge is 2.21. The Kier molecular flexibility index (Phi) is 7.37. The van der Waals surface area contributed by atoms with E-state index in [2.05, 4.69) is 31.4 Å². The first kappa shape index (κ1) is 23.6. The molecule has 0 saturated carbocycles. The van der Waals surface area contributed by atoms with E-state index in [1.807, 2.05) is 18.2 Å². The Morgan fingerprint density at radius 2 is 2.00 bits per heavy atom. The average molecular weight is 461 g/mol. The molecule has 170 valence electrons. The molecule has 0 fully saturated rings. The lowest BCUT2D eigenvalue weighted by Crippen LogP contribution is -2.29. The van der Waals surface area contributed by atoms with Gasteiger partial charge in [0.1, 0.15) is 6.61 Å². The zero-order valence-corrected chi connectivity index (χ0v) is 18.9. The van der Waals surface area contributed by atoms with Crippen LogP contribution in [0.1, 0.15) is 32.2 Å². The Morgan fingerprint density at radius 3 is 2.66 bits per heavy atom. The number of nitrogens with zero attached hydrogens (tertiary/aromatic N) is 2. The molecular formula is C23H26ClFN4O3. The van der Waals surface area contributed by atoms with Gasteiger partial charge in [-0.1, -0.05) is 38.4 Å². The minimum atomic E-state index is -0.634. The number of carbonyl (C=O) groups excluding carboxylic acids is 1. The van der Waals surface area contributed by atoms with Gasteiger partial charge < -0.3 is 20.5 Å². The molecule has 0 spiro atoms. The highest BCUT2D eigenvalue weighted by atomic mass is 35.5. The Balaban J connectivity index is 1.72. The van der Waals surface area contributed by atoms with Crippen LogP contribution < -0.4 is 15.4 Å². The van der Waals surface area contributed by atoms with Crippen molar-refractivity contribution in [3.63, 3.8) is 0 Å². The molecule has 3 aromatic rings. The van der Waals surface area contributed by atoms with Crippen molar-refractivity contribution in [3.8, 4) is 11.4 Å². The smallest absolute Gasteiger partial charge is 0.319 e. The third kappa shape index (κ3) is 5.99. The van der Waals surface area contributed by atoms with Crippen LogP contribution in [-0.4, -0.2) is 34.1 Å². The number of anilines is 1. The number of aliphatic hydroxyl groups excluding tert-OH is 1. The highest BCUT2D eigenvalue weighted by Crippen LogP contribution is 2.25. The molecule has 0 saturated heterocycles. The molecule has 0 atom stereocenters. The van der Waals surface area contributed by atoms with E-state index < -0.39 is 11.8 Å². The van der Waals surface area contributed by atoms with Crippen molar-refractivity contribution in [2.24, 2.45) is 0 Å². The molecule has 0 radical (unpaired) electrons. The summed E-state index contributed by atoms with van der Waals surface area (Å²) in [5.74, 6) is -0.629. The average Bonchev–Trinajstić information content (AvgIpc) is 3.17. The number of nitrogens with one attached hydrogen (secondary N) is 2. The van der Waals surface area contributed by atoms with Crippen LogP contribution in [0.2, 0.25) is 5.02 Å². The first-order chi connectivity index (χ1) is 15.2. The van der Waals surface area contributed by atoms with E-state index in [-0.39, 0.29) is 36.6 Å². The second-order valence-corrected chi connectivity index (χ2v) is 8.62. The van der Waals surface area contributed by atoms with E-state index in [1.165, 1.54) is 12.1 Å². The second-order valence-electron chi connectivity index (χ2n) is 8.19. The lowest BCUT2D eigenvalue weighted by molar-refractivity contribution is 0.196. The van der Waals surface area contributed by atoms with E-state index in [0.717, 1.165) is 23.1 Å². The standard InChI is InChI=1S/C23H26ClFN4O3/c1-23(2,3)21-13-18(29(28-21)17-6-4-5-15(24)11-17)14-26-22(31)27-16-7-8-20(19(25)12-16)32-10-9-30/h4-8,11-13,30H,9-10,14H2,1-3H3,(H2,26,27,31). The van der Waals surface area contributed by atoms with Crippen LogP contribution in [0.25, 0.3) is 5.69 Å². The second kappa shape index (κ2) is 10.0. The first-order valence-electron chi connectivity index (χ1n) is 10.1. The number of halogens is 2. The van der Waals surface area contributed by atoms with Crippen LogP contribution in [0.15, 0.2) is 48.5 Å². The Bertz CT molecular complexity index is 1100. The Hall–Kier alpha value is -3.10. The highest BCUT2D eigenvalue weighted by molar-refractivity contribution is 6.30. The summed E-state index contributed by atoms with van der Waals surface area (Å²) in [5.41, 5.74) is 2.51. The van der Waals surface area contributed by atoms with Gasteiger partial charge in [0.05, 0.1) is 30.2 Å². The minimum absolute atomic E-state index is 0.00476. The van der Waals surface area contributed by atoms with Gasteiger partial charge in [-0.2, -0.15) is 5.10 Å². The van der Waals surface area contributed by atoms with Crippen molar-refractivity contribution in [2.75, 3.05) is 18.5 Å². The van der Waals surface area contributed by atoms with Crippen molar-refractivity contribution in [1.82, 2.24) is 15.1 Å². The summed E-state index contributed by atoms with van der Waals surface area (Å²) in [6.07, 6.45) is 0. The number of ether oxygens (including phenoxy) is 1. The number of rotatable bonds is 7. The summed E-state index contributed by atoms with van der Waals surface area (Å²) in [5, 5.41) is 19.4. The SMILES string of the molecule is CC(C)(C)c1cc(CNC(=O)Nc2ccc(OCCO)c(F)c2)n(-c2cccc(Cl)c2)n1. The molecule has 3 rings (SSSR count). The molecule has 0 aliphatic rings. The number of urea groups is 1. The van der Waals surface area contributed by atoms with Gasteiger partial charge >= 0.3 is 6.03 Å². The number of amides is 2. The van der Waals surface area contributed by atoms with Crippen molar-refractivity contribution < 1.29 is 19.0 Å². The summed E-state index contributed by atoms with van der Waals surface area (Å²) in [6.45, 7) is 6.14. The fraction of sp³-hybridized carbons (Fsp3) is 0.304. The molecule has 0 aliphatic heterocycles. The summed E-state index contributed by atoms with van der Waals surface area (Å²) in [6, 6.07) is 12.8. The summed E-state index contributed by atoms with van der Waals surface area (Å²) >= 11 is 6.14. The van der Waals surface area contributed by atoms with Crippen LogP contribution >= 0.6 is 11.6 Å². The molecule has 0 bridgehead atoms. The van der Waals surface area contributed by atoms with Gasteiger partial charge in [0.15, 0.2) is 11.6 Å². The summed E-state index contributed by atoms with van der Waals surface area (Å²) in [7, 11) is 0. The van der Waals surface area contributed by atoms with Gasteiger partial charge in [0.25, 0.3) is 0 Å². The third-order valence-electron chi connectivity index (χ3n) is 4.57. The number of benzene rings is 2. The number of carbonyl (C=O) groups is 1. The van der Waals surface area contributed by atoms with E-state index in [9.17, 15) is 9.18 Å². The van der Waals surface area contributed by atoms with Crippen LogP contribution in [-0.2, 0) is 12.0 Å². The van der Waals surface area contributed by atoms with E-state index in [0.29, 0.717) is 5.02 Å². The van der Waals surface area contributed by atoms with Crippen molar-refractivity contribution in [3.05, 3.63) is 70.8 Å². The third-order valence-corrected chi connectivity index (χ3v) is 4.81. The minimum Gasteiger partial charge on any atom is -0.488 e. The topological polar surface area (TPSA) is 88.4 Å². The van der Waals surface area contributed by atoms with Gasteiger partial charge in [0.2, 0.25) is 0 Å². The number of aromatic nitrogens is 2. The van der Waals surface area contributed by atoms with Crippen LogP contribution in [0, 0.1) is 5.82 Å². The maximum Gasteiger partial charge on any atom is 0.319 e. The number of hydrogen-bond donors (Lipinski definition) is 3. The molecule has 2 aromatic carbocycles. The fourth-order valence-electron chi connectivity index (χ4n) is 2.94. The maximum atomic E-state index is 14.1. The van der Waals surface area contributed by atoms with Gasteiger partial charge in [-0.05, 0) is 36.4 Å². The van der Waals surface area contributed by atoms with E-state index in [4.69, 9.17) is 26.5 Å². The van der Waals surface area contributed by atoms with E-state index in [1.54, 1.807) is 16.8 Å². The number of aliphatic hydroxyl groups is 1. The monoisotopic (exact) mass is 460 g/mol. The molecular weight excluding hydrogens is 435 g/mol. The van der Waals surface area contributed by atoms with Gasteiger partial charge in [-0.3, -0.25) is 0 Å². The zero-order valence-electron chi connectivity index (χ0n) is 18.2. The molecule has 1 heterocycles. The largest absolute Gasteiger partial charge is 0.488 e. The molecule has 0 aliphatic carbocycles. The number of hydrogen-bond acceptors (Lipinski definition) is 4. The van der Waals surface area contributed by atoms with Crippen molar-refractivity contribution in [2.45, 2.75) is 32.7 Å². The molecule has 0 unspecified atom stereocenters. The lowest BCUT2D eigenvalue weighted by atomic mass is 9.92. The maximum absolute atomic E-state index is 14.1. The Labute approximate surface area is 191 Å². The van der Waals surface area contributed by atoms with E-state index >= 15 is 0 Å². The van der Waals surface area contributed by atoms with Crippen molar-refractivity contribution >= 4 is 23.3 Å². The predicted octanol–water partition coefficient (Wildman–Crippen LogP) is 4.66. The van der Waals surface area contributed by atoms with Crippen LogP contribution in [0.5, 0.6) is 5.75 Å². The van der Waals surface area contributed by atoms with Crippen LogP contribution in [0.3, 0.4) is 0 Å². The molecule has 7 nitrogen and oxygen atoms in total. The van der Waals surface area contributed by atoms with Gasteiger partial charge in [-0.15, -0.1) is 0 Å². The quantitative estimate of drug-likeness (QED) is 0.478.